The minimum absolute atomic E-state index is 0.407. The Balaban J connectivity index is 2.73. The van der Waals surface area contributed by atoms with E-state index in [1.807, 2.05) is 12.1 Å². The molecule has 0 aliphatic heterocycles. The maximum atomic E-state index is 5.90. The summed E-state index contributed by atoms with van der Waals surface area (Å²) < 4.78 is 0. The smallest absolute Gasteiger partial charge is 0.140 e. The van der Waals surface area contributed by atoms with E-state index in [0.29, 0.717) is 22.4 Å². The number of nitrogens with two attached hydrogens (primary N) is 1. The van der Waals surface area contributed by atoms with Gasteiger partial charge in [0.15, 0.2) is 0 Å². The van der Waals surface area contributed by atoms with Crippen molar-refractivity contribution in [3.63, 3.8) is 0 Å². The first-order valence-corrected chi connectivity index (χ1v) is 4.50. The summed E-state index contributed by atoms with van der Waals surface area (Å²) in [5.74, 6) is 0. The zero-order valence-corrected chi connectivity index (χ0v) is 8.15. The van der Waals surface area contributed by atoms with Crippen molar-refractivity contribution in [3.05, 3.63) is 28.0 Å². The third kappa shape index (κ3) is 1.39. The number of H-pyrrole nitrogens is 1. The minimum Gasteiger partial charge on any atom is -0.329 e. The van der Waals surface area contributed by atoms with Gasteiger partial charge in [0.05, 0.1) is 10.7 Å². The van der Waals surface area contributed by atoms with Crippen molar-refractivity contribution in [3.8, 4) is 0 Å². The summed E-state index contributed by atoms with van der Waals surface area (Å²) in [6, 6.07) is 3.69. The molecule has 0 aliphatic rings. The van der Waals surface area contributed by atoms with Gasteiger partial charge < -0.3 is 10.7 Å². The van der Waals surface area contributed by atoms with E-state index in [-0.39, 0.29) is 0 Å². The second kappa shape index (κ2) is 3.18. The monoisotopic (exact) mass is 215 g/mol. The van der Waals surface area contributed by atoms with Gasteiger partial charge in [-0.05, 0) is 12.1 Å². The molecule has 2 rings (SSSR count). The standard InChI is InChI=1S/C8H7Cl2N3/c9-6-5-2-1-4(3-11)12-8(5)13-7(6)10/h1-2H,3,11H2,(H,12,13). The van der Waals surface area contributed by atoms with E-state index in [1.165, 1.54) is 0 Å². The number of aromatic amines is 1. The molecule has 0 radical (unpaired) electrons. The van der Waals surface area contributed by atoms with Gasteiger partial charge in [0.2, 0.25) is 0 Å². The normalized spacial score (nSPS) is 11.0. The van der Waals surface area contributed by atoms with Crippen LogP contribution in [0, 0.1) is 0 Å². The Morgan fingerprint density at radius 3 is 2.85 bits per heavy atom. The Labute approximate surface area is 84.9 Å². The molecule has 68 valence electrons. The predicted octanol–water partition coefficient (Wildman–Crippen LogP) is 2.33. The third-order valence-corrected chi connectivity index (χ3v) is 2.59. The highest BCUT2D eigenvalue weighted by atomic mass is 35.5. The average molecular weight is 216 g/mol. The van der Waals surface area contributed by atoms with Gasteiger partial charge in [-0.2, -0.15) is 0 Å². The van der Waals surface area contributed by atoms with Gasteiger partial charge in [0.25, 0.3) is 0 Å². The first-order valence-electron chi connectivity index (χ1n) is 3.75. The van der Waals surface area contributed by atoms with Crippen LogP contribution < -0.4 is 5.73 Å². The van der Waals surface area contributed by atoms with Crippen molar-refractivity contribution in [1.82, 2.24) is 9.97 Å². The quantitative estimate of drug-likeness (QED) is 0.768. The molecular weight excluding hydrogens is 209 g/mol. The van der Waals surface area contributed by atoms with Crippen LogP contribution in [0.2, 0.25) is 10.2 Å². The van der Waals surface area contributed by atoms with Crippen LogP contribution in [0.25, 0.3) is 11.0 Å². The number of hydrogen-bond acceptors (Lipinski definition) is 2. The van der Waals surface area contributed by atoms with Crippen molar-refractivity contribution in [2.75, 3.05) is 0 Å². The van der Waals surface area contributed by atoms with Crippen molar-refractivity contribution in [2.24, 2.45) is 5.73 Å². The molecule has 3 N–H and O–H groups in total. The van der Waals surface area contributed by atoms with Gasteiger partial charge in [0.1, 0.15) is 10.8 Å². The summed E-state index contributed by atoms with van der Waals surface area (Å²) in [4.78, 5) is 7.09. The molecule has 0 unspecified atom stereocenters. The van der Waals surface area contributed by atoms with E-state index in [4.69, 9.17) is 28.9 Å². The molecule has 0 saturated carbocycles. The van der Waals surface area contributed by atoms with E-state index in [9.17, 15) is 0 Å². The van der Waals surface area contributed by atoms with Crippen LogP contribution in [0.5, 0.6) is 0 Å². The number of pyridine rings is 1. The van der Waals surface area contributed by atoms with Crippen molar-refractivity contribution < 1.29 is 0 Å². The molecule has 5 heteroatoms. The maximum Gasteiger partial charge on any atom is 0.140 e. The molecule has 0 atom stereocenters. The molecule has 2 aromatic rings. The van der Waals surface area contributed by atoms with E-state index >= 15 is 0 Å². The largest absolute Gasteiger partial charge is 0.329 e. The molecule has 0 fully saturated rings. The van der Waals surface area contributed by atoms with Gasteiger partial charge in [-0.3, -0.25) is 0 Å². The van der Waals surface area contributed by atoms with Crippen molar-refractivity contribution >= 4 is 34.2 Å². The molecule has 13 heavy (non-hydrogen) atoms. The fourth-order valence-corrected chi connectivity index (χ4v) is 1.55. The molecular formula is C8H7Cl2N3. The zero-order valence-electron chi connectivity index (χ0n) is 6.64. The highest BCUT2D eigenvalue weighted by Crippen LogP contribution is 2.29. The summed E-state index contributed by atoms with van der Waals surface area (Å²) >= 11 is 11.7. The highest BCUT2D eigenvalue weighted by molar-refractivity contribution is 6.45. The van der Waals surface area contributed by atoms with Crippen molar-refractivity contribution in [2.45, 2.75) is 6.54 Å². The zero-order chi connectivity index (χ0) is 9.42. The lowest BCUT2D eigenvalue weighted by Crippen LogP contribution is -1.98. The fourth-order valence-electron chi connectivity index (χ4n) is 1.16. The Morgan fingerprint density at radius 2 is 2.15 bits per heavy atom. The lowest BCUT2D eigenvalue weighted by molar-refractivity contribution is 1.00. The first kappa shape index (κ1) is 8.81. The van der Waals surface area contributed by atoms with Gasteiger partial charge in [0, 0.05) is 11.9 Å². The Morgan fingerprint density at radius 1 is 1.38 bits per heavy atom. The number of rotatable bonds is 1. The highest BCUT2D eigenvalue weighted by Gasteiger charge is 2.08. The van der Waals surface area contributed by atoms with Crippen LogP contribution in [-0.4, -0.2) is 9.97 Å². The number of halogens is 2. The lowest BCUT2D eigenvalue weighted by Gasteiger charge is -1.94. The first-order chi connectivity index (χ1) is 6.22. The van der Waals surface area contributed by atoms with Crippen LogP contribution in [0.4, 0.5) is 0 Å². The molecule has 0 aliphatic carbocycles. The number of fused-ring (bicyclic) bond motifs is 1. The van der Waals surface area contributed by atoms with Crippen LogP contribution in [0.15, 0.2) is 12.1 Å². The molecule has 0 bridgehead atoms. The molecule has 2 heterocycles. The van der Waals surface area contributed by atoms with Gasteiger partial charge in [-0.25, -0.2) is 4.98 Å². The third-order valence-electron chi connectivity index (χ3n) is 1.82. The summed E-state index contributed by atoms with van der Waals surface area (Å²) in [5, 5.41) is 1.75. The molecule has 0 saturated heterocycles. The molecule has 0 spiro atoms. The average Bonchev–Trinajstić information content (AvgIpc) is 2.42. The predicted molar refractivity (Wildman–Crippen MR) is 54.0 cm³/mol. The number of nitrogens with one attached hydrogen (secondary N) is 1. The van der Waals surface area contributed by atoms with Crippen LogP contribution in [0.3, 0.4) is 0 Å². The van der Waals surface area contributed by atoms with E-state index in [1.54, 1.807) is 0 Å². The molecule has 0 amide bonds. The van der Waals surface area contributed by atoms with Crippen LogP contribution in [0.1, 0.15) is 5.69 Å². The Hall–Kier alpha value is -0.770. The molecule has 3 nitrogen and oxygen atoms in total. The number of nitrogens with zero attached hydrogens (tertiary/aromatic N) is 1. The Bertz CT molecular complexity index is 450. The summed E-state index contributed by atoms with van der Waals surface area (Å²) in [6.45, 7) is 0.407. The van der Waals surface area contributed by atoms with E-state index < -0.39 is 0 Å². The maximum absolute atomic E-state index is 5.90. The minimum atomic E-state index is 0.407. The molecule has 2 aromatic heterocycles. The summed E-state index contributed by atoms with van der Waals surface area (Å²) in [7, 11) is 0. The summed E-state index contributed by atoms with van der Waals surface area (Å²) in [6.07, 6.45) is 0. The van der Waals surface area contributed by atoms with E-state index in [0.717, 1.165) is 11.1 Å². The second-order valence-corrected chi connectivity index (χ2v) is 3.41. The van der Waals surface area contributed by atoms with E-state index in [2.05, 4.69) is 9.97 Å². The molecule has 0 aromatic carbocycles. The Kier molecular flexibility index (Phi) is 2.15. The lowest BCUT2D eigenvalue weighted by atomic mass is 10.3. The van der Waals surface area contributed by atoms with Crippen molar-refractivity contribution in [1.29, 1.82) is 0 Å². The topological polar surface area (TPSA) is 54.7 Å². The van der Waals surface area contributed by atoms with Crippen LogP contribution in [-0.2, 0) is 6.54 Å². The number of aromatic nitrogens is 2. The fraction of sp³-hybridized carbons (Fsp3) is 0.125. The van der Waals surface area contributed by atoms with Gasteiger partial charge in [-0.1, -0.05) is 23.2 Å². The van der Waals surface area contributed by atoms with Gasteiger partial charge in [-0.15, -0.1) is 0 Å². The number of hydrogen-bond donors (Lipinski definition) is 2. The van der Waals surface area contributed by atoms with Gasteiger partial charge >= 0.3 is 0 Å². The SMILES string of the molecule is NCc1ccc2c(Cl)c(Cl)[nH]c2n1. The summed E-state index contributed by atoms with van der Waals surface area (Å²) in [5.41, 5.74) is 6.93. The second-order valence-electron chi connectivity index (χ2n) is 2.66. The van der Waals surface area contributed by atoms with Crippen LogP contribution >= 0.6 is 23.2 Å².